The number of thiazole rings is 1. The van der Waals surface area contributed by atoms with Crippen LogP contribution in [0.4, 0.5) is 11.5 Å². The molecule has 1 aliphatic rings. The van der Waals surface area contributed by atoms with E-state index in [9.17, 15) is 9.59 Å². The number of aromatic nitrogens is 2. The second-order valence-electron chi connectivity index (χ2n) is 7.23. The van der Waals surface area contributed by atoms with Crippen molar-refractivity contribution >= 4 is 47.3 Å². The fraction of sp³-hybridized carbons (Fsp3) is 0.364. The van der Waals surface area contributed by atoms with Crippen LogP contribution in [-0.2, 0) is 9.59 Å². The molecule has 0 bridgehead atoms. The van der Waals surface area contributed by atoms with E-state index in [1.165, 1.54) is 6.20 Å². The number of aryl methyl sites for hydroxylation is 1. The minimum Gasteiger partial charge on any atom is -0.383 e. The molecule has 160 valence electrons. The predicted molar refractivity (Wildman–Crippen MR) is 123 cm³/mol. The number of nitrogens with one attached hydrogen (secondary N) is 1. The van der Waals surface area contributed by atoms with Gasteiger partial charge in [-0.3, -0.25) is 9.59 Å². The quantitative estimate of drug-likeness (QED) is 0.715. The molecule has 3 heterocycles. The van der Waals surface area contributed by atoms with E-state index in [2.05, 4.69) is 28.8 Å². The van der Waals surface area contributed by atoms with Crippen molar-refractivity contribution in [2.24, 2.45) is 5.92 Å². The molecule has 0 saturated carbocycles. The molecular weight excluding hydrogens is 398 g/mol. The molecule has 1 saturated heterocycles. The van der Waals surface area contributed by atoms with Crippen LogP contribution in [0.2, 0.25) is 0 Å². The third-order valence-corrected chi connectivity index (χ3v) is 5.34. The number of nitrogen functional groups attached to an aromatic ring is 1. The van der Waals surface area contributed by atoms with Crippen LogP contribution in [0.15, 0.2) is 29.9 Å². The van der Waals surface area contributed by atoms with Gasteiger partial charge in [0, 0.05) is 17.6 Å². The Morgan fingerprint density at radius 2 is 2.17 bits per heavy atom. The van der Waals surface area contributed by atoms with Gasteiger partial charge in [0.05, 0.1) is 22.7 Å². The van der Waals surface area contributed by atoms with Crippen LogP contribution in [0.5, 0.6) is 0 Å². The van der Waals surface area contributed by atoms with Crippen LogP contribution >= 0.6 is 11.3 Å². The lowest BCUT2D eigenvalue weighted by Gasteiger charge is -2.30. The first kappa shape index (κ1) is 23.3. The number of carbonyl (C=O) groups excluding carboxylic acids is 2. The molecule has 0 aromatic carbocycles. The molecular formula is C22H29N5O2S. The van der Waals surface area contributed by atoms with Gasteiger partial charge in [0.2, 0.25) is 0 Å². The Bertz CT molecular complexity index is 1010. The van der Waals surface area contributed by atoms with E-state index < -0.39 is 11.8 Å². The molecule has 1 fully saturated rings. The van der Waals surface area contributed by atoms with Gasteiger partial charge in [-0.2, -0.15) is 0 Å². The first-order chi connectivity index (χ1) is 14.3. The number of likely N-dealkylation sites (tertiary alicyclic amines) is 1. The van der Waals surface area contributed by atoms with Crippen molar-refractivity contribution in [1.82, 2.24) is 14.9 Å². The fourth-order valence-electron chi connectivity index (χ4n) is 2.96. The van der Waals surface area contributed by atoms with Gasteiger partial charge in [-0.25, -0.2) is 9.97 Å². The Hall–Kier alpha value is -3.00. The van der Waals surface area contributed by atoms with Gasteiger partial charge in [0.15, 0.2) is 0 Å². The Kier molecular flexibility index (Phi) is 8.73. The summed E-state index contributed by atoms with van der Waals surface area (Å²) in [6.07, 6.45) is 9.39. The first-order valence-electron chi connectivity index (χ1n) is 9.85. The van der Waals surface area contributed by atoms with E-state index in [0.29, 0.717) is 30.5 Å². The minimum absolute atomic E-state index is 0.416. The summed E-state index contributed by atoms with van der Waals surface area (Å²) in [5.41, 5.74) is 8.67. The molecule has 1 unspecified atom stereocenters. The highest BCUT2D eigenvalue weighted by molar-refractivity contribution is 7.07. The summed E-state index contributed by atoms with van der Waals surface area (Å²) < 4.78 is 1.03. The van der Waals surface area contributed by atoms with Crippen molar-refractivity contribution in [2.45, 2.75) is 33.6 Å². The molecule has 0 aliphatic carbocycles. The number of piperidine rings is 1. The summed E-state index contributed by atoms with van der Waals surface area (Å²) in [4.78, 5) is 33.7. The summed E-state index contributed by atoms with van der Waals surface area (Å²) in [6.45, 7) is 11.0. The van der Waals surface area contributed by atoms with Crippen molar-refractivity contribution in [2.75, 3.05) is 24.1 Å². The topological polar surface area (TPSA) is 101 Å². The molecule has 2 aromatic rings. The summed E-state index contributed by atoms with van der Waals surface area (Å²) in [5.74, 6) is -0.240. The summed E-state index contributed by atoms with van der Waals surface area (Å²) in [5, 5.41) is 3.55. The third-order valence-electron chi connectivity index (χ3n) is 4.63. The van der Waals surface area contributed by atoms with Crippen LogP contribution in [0.3, 0.4) is 0 Å². The molecule has 8 heteroatoms. The largest absolute Gasteiger partial charge is 0.383 e. The Morgan fingerprint density at radius 1 is 1.40 bits per heavy atom. The fourth-order valence-corrected chi connectivity index (χ4v) is 3.49. The van der Waals surface area contributed by atoms with Gasteiger partial charge in [0.1, 0.15) is 5.82 Å². The maximum Gasteiger partial charge on any atom is 0.313 e. The predicted octanol–water partition coefficient (Wildman–Crippen LogP) is 2.08. The Balaban J connectivity index is 0.000000269. The van der Waals surface area contributed by atoms with Gasteiger partial charge >= 0.3 is 11.8 Å². The van der Waals surface area contributed by atoms with Crippen LogP contribution in [0.1, 0.15) is 32.3 Å². The monoisotopic (exact) mass is 427 g/mol. The second-order valence-corrected chi connectivity index (χ2v) is 8.17. The van der Waals surface area contributed by atoms with Gasteiger partial charge in [-0.15, -0.1) is 11.3 Å². The average Bonchev–Trinajstić information content (AvgIpc) is 3.13. The van der Waals surface area contributed by atoms with Crippen LogP contribution in [0.25, 0.3) is 12.7 Å². The highest BCUT2D eigenvalue weighted by Gasteiger charge is 2.26. The van der Waals surface area contributed by atoms with Gasteiger partial charge in [0.25, 0.3) is 0 Å². The zero-order valence-electron chi connectivity index (χ0n) is 17.7. The SMILES string of the molecule is C=c1scn/c1=C/C=C\C.Cc1cc(NC(=O)C(=O)N2CCCC(C)C2)cnc1N. The van der Waals surface area contributed by atoms with E-state index in [-0.39, 0.29) is 0 Å². The van der Waals surface area contributed by atoms with E-state index in [1.807, 2.05) is 25.2 Å². The summed E-state index contributed by atoms with van der Waals surface area (Å²) >= 11 is 1.57. The third kappa shape index (κ3) is 6.81. The number of anilines is 2. The number of amides is 2. The van der Waals surface area contributed by atoms with E-state index >= 15 is 0 Å². The summed E-state index contributed by atoms with van der Waals surface area (Å²) in [6, 6.07) is 1.70. The average molecular weight is 428 g/mol. The van der Waals surface area contributed by atoms with E-state index in [4.69, 9.17) is 5.73 Å². The molecule has 7 nitrogen and oxygen atoms in total. The molecule has 1 aliphatic heterocycles. The Labute approximate surface area is 181 Å². The van der Waals surface area contributed by atoms with Gasteiger partial charge in [-0.05, 0) is 50.3 Å². The number of nitrogens with two attached hydrogens (primary N) is 1. The van der Waals surface area contributed by atoms with E-state index in [0.717, 1.165) is 28.3 Å². The van der Waals surface area contributed by atoms with Crippen LogP contribution in [0, 0.1) is 12.8 Å². The molecule has 2 aromatic heterocycles. The van der Waals surface area contributed by atoms with Crippen LogP contribution < -0.4 is 20.9 Å². The maximum absolute atomic E-state index is 12.1. The standard InChI is InChI=1S/C14H20N4O2.C8H9NS/c1-9-4-3-5-18(8-9)14(20)13(19)17-11-6-10(2)12(15)16-7-11;1-3-4-5-8-7(2)10-6-9-8/h6-7,9H,3-5,8H2,1-2H3,(H2,15,16)(H,17,19);3-6H,2H2,1H3/b;4-3-,8-5+. The van der Waals surface area contributed by atoms with Crippen LogP contribution in [-0.4, -0.2) is 39.8 Å². The molecule has 3 rings (SSSR count). The first-order valence-corrected chi connectivity index (χ1v) is 10.7. The molecule has 30 heavy (non-hydrogen) atoms. The van der Waals surface area contributed by atoms with Gasteiger partial charge < -0.3 is 16.0 Å². The lowest BCUT2D eigenvalue weighted by Crippen LogP contribution is -2.44. The highest BCUT2D eigenvalue weighted by Crippen LogP contribution is 2.17. The number of pyridine rings is 1. The van der Waals surface area contributed by atoms with Crippen molar-refractivity contribution in [3.8, 4) is 0 Å². The number of carbonyl (C=O) groups is 2. The highest BCUT2D eigenvalue weighted by atomic mass is 32.1. The maximum atomic E-state index is 12.1. The van der Waals surface area contributed by atoms with Crippen molar-refractivity contribution in [3.63, 3.8) is 0 Å². The molecule has 1 atom stereocenters. The van der Waals surface area contributed by atoms with Crippen molar-refractivity contribution in [3.05, 3.63) is 45.4 Å². The van der Waals surface area contributed by atoms with Crippen molar-refractivity contribution in [1.29, 1.82) is 0 Å². The molecule has 3 N–H and O–H groups in total. The lowest BCUT2D eigenvalue weighted by molar-refractivity contribution is -0.144. The molecule has 0 spiro atoms. The number of nitrogens with zero attached hydrogens (tertiary/aromatic N) is 3. The zero-order chi connectivity index (χ0) is 22.1. The van der Waals surface area contributed by atoms with Gasteiger partial charge in [-0.1, -0.05) is 25.7 Å². The normalized spacial score (nSPS) is 16.8. The molecule has 0 radical (unpaired) electrons. The smallest absolute Gasteiger partial charge is 0.313 e. The minimum atomic E-state index is -0.620. The molecule has 2 amide bonds. The second kappa shape index (κ2) is 11.3. The number of allylic oxidation sites excluding steroid dienone is 2. The number of hydrogen-bond acceptors (Lipinski definition) is 6. The zero-order valence-corrected chi connectivity index (χ0v) is 18.5. The van der Waals surface area contributed by atoms with Crippen molar-refractivity contribution < 1.29 is 9.59 Å². The van der Waals surface area contributed by atoms with E-state index in [1.54, 1.807) is 34.7 Å². The summed E-state index contributed by atoms with van der Waals surface area (Å²) in [7, 11) is 0. The lowest BCUT2D eigenvalue weighted by atomic mass is 10.0. The number of rotatable bonds is 2. The Morgan fingerprint density at radius 3 is 2.77 bits per heavy atom. The number of hydrogen-bond donors (Lipinski definition) is 2.